The number of aryl methyl sites for hydroxylation is 1. The van der Waals surface area contributed by atoms with Gasteiger partial charge in [-0.2, -0.15) is 0 Å². The first-order valence-corrected chi connectivity index (χ1v) is 7.53. The fraction of sp³-hybridized carbons (Fsp3) is 0.562. The smallest absolute Gasteiger partial charge is 0.126 e. The van der Waals surface area contributed by atoms with Crippen molar-refractivity contribution in [1.29, 1.82) is 0 Å². The molecular formula is C16H25N3O. The van der Waals surface area contributed by atoms with Gasteiger partial charge in [0.25, 0.3) is 0 Å². The van der Waals surface area contributed by atoms with Crippen LogP contribution in [0.25, 0.3) is 11.0 Å². The zero-order chi connectivity index (χ0) is 14.5. The Morgan fingerprint density at radius 3 is 2.70 bits per heavy atom. The van der Waals surface area contributed by atoms with E-state index in [9.17, 15) is 0 Å². The normalized spacial score (nSPS) is 14.6. The number of hydrogen-bond donors (Lipinski definition) is 2. The molecular weight excluding hydrogens is 250 g/mol. The van der Waals surface area contributed by atoms with Gasteiger partial charge >= 0.3 is 0 Å². The summed E-state index contributed by atoms with van der Waals surface area (Å²) in [7, 11) is 0. The maximum atomic E-state index is 9.11. The van der Waals surface area contributed by atoms with Crippen LogP contribution < -0.4 is 5.32 Å². The molecule has 4 nitrogen and oxygen atoms in total. The molecule has 2 unspecified atom stereocenters. The maximum absolute atomic E-state index is 9.11. The number of aliphatic hydroxyl groups excluding tert-OH is 1. The Morgan fingerprint density at radius 1 is 1.30 bits per heavy atom. The maximum Gasteiger partial charge on any atom is 0.126 e. The van der Waals surface area contributed by atoms with Crippen LogP contribution in [-0.4, -0.2) is 27.3 Å². The Hall–Kier alpha value is -1.39. The molecule has 1 heterocycles. The SMILES string of the molecule is CCC(CCO)NC(C)c1nc2ccccc2n1CC. The van der Waals surface area contributed by atoms with Gasteiger partial charge in [0.2, 0.25) is 0 Å². The van der Waals surface area contributed by atoms with Crippen LogP contribution in [-0.2, 0) is 6.54 Å². The fourth-order valence-corrected chi connectivity index (χ4v) is 2.75. The molecule has 110 valence electrons. The number of aliphatic hydroxyl groups is 1. The molecule has 4 heteroatoms. The number of nitrogens with one attached hydrogen (secondary N) is 1. The molecule has 2 rings (SSSR count). The van der Waals surface area contributed by atoms with Crippen LogP contribution in [0.2, 0.25) is 0 Å². The summed E-state index contributed by atoms with van der Waals surface area (Å²) in [4.78, 5) is 4.77. The van der Waals surface area contributed by atoms with Crippen molar-refractivity contribution in [1.82, 2.24) is 14.9 Å². The van der Waals surface area contributed by atoms with E-state index in [1.807, 2.05) is 6.07 Å². The van der Waals surface area contributed by atoms with Crippen LogP contribution in [0.15, 0.2) is 24.3 Å². The summed E-state index contributed by atoms with van der Waals surface area (Å²) >= 11 is 0. The summed E-state index contributed by atoms with van der Waals surface area (Å²) in [5.74, 6) is 1.07. The van der Waals surface area contributed by atoms with Gasteiger partial charge < -0.3 is 15.0 Å². The lowest BCUT2D eigenvalue weighted by molar-refractivity contribution is 0.255. The van der Waals surface area contributed by atoms with Gasteiger partial charge in [0.05, 0.1) is 17.1 Å². The van der Waals surface area contributed by atoms with Gasteiger partial charge in [0, 0.05) is 19.2 Å². The van der Waals surface area contributed by atoms with E-state index in [-0.39, 0.29) is 12.6 Å². The minimum Gasteiger partial charge on any atom is -0.396 e. The van der Waals surface area contributed by atoms with Crippen molar-refractivity contribution in [3.05, 3.63) is 30.1 Å². The summed E-state index contributed by atoms with van der Waals surface area (Å²) < 4.78 is 2.26. The Balaban J connectivity index is 2.27. The third-order valence-electron chi connectivity index (χ3n) is 3.84. The quantitative estimate of drug-likeness (QED) is 0.817. The molecule has 0 aliphatic carbocycles. The van der Waals surface area contributed by atoms with Crippen molar-refractivity contribution in [3.8, 4) is 0 Å². The minimum atomic E-state index is 0.179. The fourth-order valence-electron chi connectivity index (χ4n) is 2.75. The molecule has 0 aliphatic rings. The highest BCUT2D eigenvalue weighted by Crippen LogP contribution is 2.21. The Kier molecular flexibility index (Phi) is 5.15. The molecule has 2 N–H and O–H groups in total. The first-order valence-electron chi connectivity index (χ1n) is 7.53. The van der Waals surface area contributed by atoms with Gasteiger partial charge in [-0.1, -0.05) is 19.1 Å². The van der Waals surface area contributed by atoms with E-state index >= 15 is 0 Å². The van der Waals surface area contributed by atoms with E-state index in [4.69, 9.17) is 10.1 Å². The molecule has 0 bridgehead atoms. The van der Waals surface area contributed by atoms with Crippen molar-refractivity contribution >= 4 is 11.0 Å². The highest BCUT2D eigenvalue weighted by Gasteiger charge is 2.18. The topological polar surface area (TPSA) is 50.1 Å². The van der Waals surface area contributed by atoms with E-state index in [1.54, 1.807) is 0 Å². The van der Waals surface area contributed by atoms with Crippen molar-refractivity contribution < 1.29 is 5.11 Å². The minimum absolute atomic E-state index is 0.179. The molecule has 0 amide bonds. The van der Waals surface area contributed by atoms with E-state index in [0.717, 1.165) is 30.7 Å². The van der Waals surface area contributed by atoms with Crippen LogP contribution in [0.3, 0.4) is 0 Å². The van der Waals surface area contributed by atoms with Gasteiger partial charge in [-0.05, 0) is 38.8 Å². The molecule has 0 saturated heterocycles. The van der Waals surface area contributed by atoms with Gasteiger partial charge in [-0.3, -0.25) is 0 Å². The van der Waals surface area contributed by atoms with Crippen LogP contribution in [0.1, 0.15) is 45.5 Å². The summed E-state index contributed by atoms with van der Waals surface area (Å²) in [5.41, 5.74) is 2.24. The first-order chi connectivity index (χ1) is 9.71. The molecule has 1 aromatic carbocycles. The van der Waals surface area contributed by atoms with E-state index in [0.29, 0.717) is 6.04 Å². The Bertz CT molecular complexity index is 550. The van der Waals surface area contributed by atoms with Crippen molar-refractivity contribution in [3.63, 3.8) is 0 Å². The lowest BCUT2D eigenvalue weighted by Gasteiger charge is -2.22. The average molecular weight is 275 g/mol. The zero-order valence-corrected chi connectivity index (χ0v) is 12.6. The zero-order valence-electron chi connectivity index (χ0n) is 12.6. The van der Waals surface area contributed by atoms with Crippen molar-refractivity contribution in [2.24, 2.45) is 0 Å². The molecule has 0 fully saturated rings. The molecule has 0 aliphatic heterocycles. The second-order valence-electron chi connectivity index (χ2n) is 5.21. The largest absolute Gasteiger partial charge is 0.396 e. The summed E-state index contributed by atoms with van der Waals surface area (Å²) in [6, 6.07) is 8.77. The standard InChI is InChI=1S/C16H25N3O/c1-4-13(10-11-20)17-12(3)16-18-14-8-6-7-9-15(14)19(16)5-2/h6-9,12-13,17,20H,4-5,10-11H2,1-3H3. The van der Waals surface area contributed by atoms with Gasteiger partial charge in [-0.15, -0.1) is 0 Å². The number of para-hydroxylation sites is 2. The second-order valence-corrected chi connectivity index (χ2v) is 5.21. The first kappa shape index (κ1) is 15.0. The molecule has 0 saturated carbocycles. The number of nitrogens with zero attached hydrogens (tertiary/aromatic N) is 2. The lowest BCUT2D eigenvalue weighted by Crippen LogP contribution is -2.33. The molecule has 2 atom stereocenters. The predicted octanol–water partition coefficient (Wildman–Crippen LogP) is 2.87. The number of benzene rings is 1. The van der Waals surface area contributed by atoms with Gasteiger partial charge in [0.1, 0.15) is 5.82 Å². The number of rotatable bonds is 7. The van der Waals surface area contributed by atoms with Crippen LogP contribution in [0.5, 0.6) is 0 Å². The summed E-state index contributed by atoms with van der Waals surface area (Å²) in [6.07, 6.45) is 1.80. The predicted molar refractivity (Wildman–Crippen MR) is 82.7 cm³/mol. The van der Waals surface area contributed by atoms with Crippen LogP contribution in [0, 0.1) is 0 Å². The van der Waals surface area contributed by atoms with Crippen LogP contribution >= 0.6 is 0 Å². The highest BCUT2D eigenvalue weighted by molar-refractivity contribution is 5.76. The number of fused-ring (bicyclic) bond motifs is 1. The summed E-state index contributed by atoms with van der Waals surface area (Å²) in [5, 5.41) is 12.7. The molecule has 20 heavy (non-hydrogen) atoms. The molecule has 0 radical (unpaired) electrons. The Morgan fingerprint density at radius 2 is 2.05 bits per heavy atom. The van der Waals surface area contributed by atoms with E-state index < -0.39 is 0 Å². The highest BCUT2D eigenvalue weighted by atomic mass is 16.3. The van der Waals surface area contributed by atoms with Gasteiger partial charge in [0.15, 0.2) is 0 Å². The number of imidazole rings is 1. The lowest BCUT2D eigenvalue weighted by atomic mass is 10.1. The van der Waals surface area contributed by atoms with E-state index in [1.165, 1.54) is 5.52 Å². The van der Waals surface area contributed by atoms with Crippen molar-refractivity contribution in [2.45, 2.75) is 52.2 Å². The third kappa shape index (κ3) is 3.02. The molecule has 0 spiro atoms. The van der Waals surface area contributed by atoms with Crippen LogP contribution in [0.4, 0.5) is 0 Å². The van der Waals surface area contributed by atoms with Crippen molar-refractivity contribution in [2.75, 3.05) is 6.61 Å². The second kappa shape index (κ2) is 6.86. The summed E-state index contributed by atoms with van der Waals surface area (Å²) in [6.45, 7) is 7.58. The van der Waals surface area contributed by atoms with Gasteiger partial charge in [-0.25, -0.2) is 4.98 Å². The molecule has 1 aromatic heterocycles. The number of hydrogen-bond acceptors (Lipinski definition) is 3. The average Bonchev–Trinajstić information content (AvgIpc) is 2.85. The molecule has 2 aromatic rings. The Labute approximate surface area is 120 Å². The monoisotopic (exact) mass is 275 g/mol. The third-order valence-corrected chi connectivity index (χ3v) is 3.84. The van der Waals surface area contributed by atoms with E-state index in [2.05, 4.69) is 48.9 Å². The number of aromatic nitrogens is 2.